The molecule has 0 fully saturated rings. The molecule has 0 aromatic rings. The van der Waals surface area contributed by atoms with Crippen LogP contribution in [0, 0.1) is 0 Å². The molecule has 0 heterocycles. The zero-order valence-corrected chi connectivity index (χ0v) is 8.96. The number of nitrogens with zero attached hydrogens (tertiary/aromatic N) is 1. The van der Waals surface area contributed by atoms with Gasteiger partial charge in [-0.15, -0.1) is 0 Å². The summed E-state index contributed by atoms with van der Waals surface area (Å²) in [7, 11) is 5.29. The molecule has 0 saturated carbocycles. The fraction of sp³-hybridized carbons (Fsp3) is 0.889. The van der Waals surface area contributed by atoms with Crippen LogP contribution in [0.4, 0.5) is 0 Å². The van der Waals surface area contributed by atoms with Crippen LogP contribution in [0.3, 0.4) is 0 Å². The maximum Gasteiger partial charge on any atom is 0.223 e. The Labute approximate surface area is 80.2 Å². The van der Waals surface area contributed by atoms with Gasteiger partial charge in [-0.1, -0.05) is 0 Å². The molecule has 0 spiro atoms. The van der Waals surface area contributed by atoms with Gasteiger partial charge in [-0.05, 0) is 14.0 Å². The third-order valence-corrected chi connectivity index (χ3v) is 2.05. The number of likely N-dealkylation sites (N-methyl/N-ethyl adjacent to an activating group) is 1. The van der Waals surface area contributed by atoms with Crippen molar-refractivity contribution in [2.75, 3.05) is 34.4 Å². The number of rotatable bonds is 6. The van der Waals surface area contributed by atoms with Crippen LogP contribution in [-0.4, -0.2) is 51.2 Å². The van der Waals surface area contributed by atoms with Gasteiger partial charge in [0.15, 0.2) is 0 Å². The first-order valence-corrected chi connectivity index (χ1v) is 4.52. The van der Waals surface area contributed by atoms with E-state index in [0.717, 1.165) is 6.54 Å². The van der Waals surface area contributed by atoms with Crippen LogP contribution in [-0.2, 0) is 9.53 Å². The van der Waals surface area contributed by atoms with Crippen LogP contribution in [0.25, 0.3) is 0 Å². The summed E-state index contributed by atoms with van der Waals surface area (Å²) in [5.41, 5.74) is 0. The van der Waals surface area contributed by atoms with Gasteiger partial charge in [0.25, 0.3) is 0 Å². The Hall–Kier alpha value is -0.610. The second-order valence-corrected chi connectivity index (χ2v) is 3.16. The molecule has 13 heavy (non-hydrogen) atoms. The summed E-state index contributed by atoms with van der Waals surface area (Å²) in [5, 5.41) is 2.95. The average Bonchev–Trinajstić information content (AvgIpc) is 2.13. The van der Waals surface area contributed by atoms with Gasteiger partial charge in [-0.2, -0.15) is 0 Å². The second kappa shape index (κ2) is 6.86. The second-order valence-electron chi connectivity index (χ2n) is 3.16. The predicted octanol–water partition coefficient (Wildman–Crippen LogP) is 0.0892. The minimum Gasteiger partial charge on any atom is -0.383 e. The highest BCUT2D eigenvalue weighted by Gasteiger charge is 2.14. The molecule has 0 rings (SSSR count). The summed E-state index contributed by atoms with van der Waals surface area (Å²) in [5.74, 6) is 0.152. The molecule has 0 aromatic heterocycles. The molecule has 0 aliphatic carbocycles. The van der Waals surface area contributed by atoms with Crippen LogP contribution >= 0.6 is 0 Å². The molecule has 1 unspecified atom stereocenters. The van der Waals surface area contributed by atoms with Crippen molar-refractivity contribution in [3.8, 4) is 0 Å². The number of ether oxygens (including phenoxy) is 1. The Balaban J connectivity index is 3.79. The zero-order chi connectivity index (χ0) is 10.3. The number of hydrogen-bond donors (Lipinski definition) is 1. The van der Waals surface area contributed by atoms with Gasteiger partial charge in [-0.25, -0.2) is 0 Å². The van der Waals surface area contributed by atoms with Crippen molar-refractivity contribution in [2.24, 2.45) is 0 Å². The number of hydrogen-bond acceptors (Lipinski definition) is 3. The third-order valence-electron chi connectivity index (χ3n) is 2.05. The number of nitrogens with one attached hydrogen (secondary N) is 1. The van der Waals surface area contributed by atoms with Crippen LogP contribution < -0.4 is 5.32 Å². The summed E-state index contributed by atoms with van der Waals surface area (Å²) in [6.45, 7) is 3.28. The molecule has 1 N–H and O–H groups in total. The molecule has 4 nitrogen and oxygen atoms in total. The van der Waals surface area contributed by atoms with E-state index in [-0.39, 0.29) is 11.9 Å². The Morgan fingerprint density at radius 2 is 2.23 bits per heavy atom. The highest BCUT2D eigenvalue weighted by Crippen LogP contribution is 1.98. The first-order valence-electron chi connectivity index (χ1n) is 4.52. The Morgan fingerprint density at radius 1 is 1.62 bits per heavy atom. The van der Waals surface area contributed by atoms with E-state index < -0.39 is 0 Å². The van der Waals surface area contributed by atoms with E-state index in [9.17, 15) is 4.79 Å². The van der Waals surface area contributed by atoms with E-state index in [1.165, 1.54) is 0 Å². The lowest BCUT2D eigenvalue weighted by atomic mass is 10.3. The Bertz CT molecular complexity index is 151. The van der Waals surface area contributed by atoms with Crippen LogP contribution in [0.15, 0.2) is 0 Å². The van der Waals surface area contributed by atoms with Gasteiger partial charge in [-0.3, -0.25) is 4.79 Å². The fourth-order valence-corrected chi connectivity index (χ4v) is 1.01. The Morgan fingerprint density at radius 3 is 2.69 bits per heavy atom. The van der Waals surface area contributed by atoms with Gasteiger partial charge >= 0.3 is 0 Å². The van der Waals surface area contributed by atoms with Gasteiger partial charge in [0.1, 0.15) is 0 Å². The quantitative estimate of drug-likeness (QED) is 0.642. The molecular formula is C9H20N2O2. The minimum atomic E-state index is 0.148. The number of methoxy groups -OCH3 is 1. The molecule has 78 valence electrons. The van der Waals surface area contributed by atoms with Crippen molar-refractivity contribution in [2.45, 2.75) is 19.4 Å². The number of amides is 1. The first-order chi connectivity index (χ1) is 6.13. The lowest BCUT2D eigenvalue weighted by molar-refractivity contribution is -0.132. The van der Waals surface area contributed by atoms with Crippen molar-refractivity contribution in [1.82, 2.24) is 10.2 Å². The molecule has 0 aliphatic rings. The van der Waals surface area contributed by atoms with Crippen LogP contribution in [0.1, 0.15) is 13.3 Å². The average molecular weight is 188 g/mol. The molecule has 0 radical (unpaired) electrons. The highest BCUT2D eigenvalue weighted by molar-refractivity contribution is 5.76. The molecule has 0 aliphatic heterocycles. The summed E-state index contributed by atoms with van der Waals surface area (Å²) in [4.78, 5) is 13.2. The summed E-state index contributed by atoms with van der Waals surface area (Å²) < 4.78 is 4.97. The largest absolute Gasteiger partial charge is 0.383 e. The summed E-state index contributed by atoms with van der Waals surface area (Å²) >= 11 is 0. The van der Waals surface area contributed by atoms with Crippen molar-refractivity contribution in [3.05, 3.63) is 0 Å². The maximum absolute atomic E-state index is 11.4. The normalized spacial score (nSPS) is 12.6. The lowest BCUT2D eigenvalue weighted by Gasteiger charge is -2.24. The standard InChI is InChI=1S/C9H20N2O2/c1-8(7-13-4)11(3)9(12)5-6-10-2/h8,10H,5-7H2,1-4H3. The van der Waals surface area contributed by atoms with E-state index in [0.29, 0.717) is 13.0 Å². The third kappa shape index (κ3) is 4.85. The molecule has 0 bridgehead atoms. The van der Waals surface area contributed by atoms with Gasteiger partial charge in [0, 0.05) is 27.1 Å². The topological polar surface area (TPSA) is 41.6 Å². The van der Waals surface area contributed by atoms with Gasteiger partial charge in [0.2, 0.25) is 5.91 Å². The van der Waals surface area contributed by atoms with Crippen LogP contribution in [0.2, 0.25) is 0 Å². The van der Waals surface area contributed by atoms with E-state index in [1.807, 2.05) is 21.0 Å². The first kappa shape index (κ1) is 12.4. The van der Waals surface area contributed by atoms with Crippen molar-refractivity contribution < 1.29 is 9.53 Å². The van der Waals surface area contributed by atoms with E-state index in [4.69, 9.17) is 4.74 Å². The monoisotopic (exact) mass is 188 g/mol. The molecule has 0 saturated heterocycles. The van der Waals surface area contributed by atoms with Gasteiger partial charge < -0.3 is 15.0 Å². The minimum absolute atomic E-state index is 0.148. The summed E-state index contributed by atoms with van der Waals surface area (Å²) in [6, 6.07) is 0.148. The Kier molecular flexibility index (Phi) is 6.54. The molecular weight excluding hydrogens is 168 g/mol. The predicted molar refractivity (Wildman–Crippen MR) is 52.7 cm³/mol. The molecule has 0 aromatic carbocycles. The van der Waals surface area contributed by atoms with E-state index in [1.54, 1.807) is 12.0 Å². The van der Waals surface area contributed by atoms with E-state index in [2.05, 4.69) is 5.32 Å². The van der Waals surface area contributed by atoms with Crippen molar-refractivity contribution in [3.63, 3.8) is 0 Å². The number of carbonyl (C=O) groups is 1. The highest BCUT2D eigenvalue weighted by atomic mass is 16.5. The number of carbonyl (C=O) groups excluding carboxylic acids is 1. The fourth-order valence-electron chi connectivity index (χ4n) is 1.01. The van der Waals surface area contributed by atoms with Crippen LogP contribution in [0.5, 0.6) is 0 Å². The van der Waals surface area contributed by atoms with Gasteiger partial charge in [0.05, 0.1) is 12.6 Å². The molecule has 1 amide bonds. The maximum atomic E-state index is 11.4. The zero-order valence-electron chi connectivity index (χ0n) is 8.96. The van der Waals surface area contributed by atoms with E-state index >= 15 is 0 Å². The lowest BCUT2D eigenvalue weighted by Crippen LogP contribution is -2.38. The van der Waals surface area contributed by atoms with Crippen molar-refractivity contribution in [1.29, 1.82) is 0 Å². The smallest absolute Gasteiger partial charge is 0.223 e. The van der Waals surface area contributed by atoms with Crippen molar-refractivity contribution >= 4 is 5.91 Å². The molecule has 1 atom stereocenters. The summed E-state index contributed by atoms with van der Waals surface area (Å²) in [6.07, 6.45) is 0.543. The SMILES string of the molecule is CNCCC(=O)N(C)C(C)COC. The molecule has 4 heteroatoms.